The molecule has 0 N–H and O–H groups in total. The van der Waals surface area contributed by atoms with Crippen molar-refractivity contribution in [3.63, 3.8) is 0 Å². The molecule has 0 aromatic heterocycles. The van der Waals surface area contributed by atoms with Crippen LogP contribution in [0.15, 0.2) is 48.5 Å². The molecule has 2 aromatic carbocycles. The normalized spacial score (nSPS) is 10.1. The van der Waals surface area contributed by atoms with E-state index in [0.717, 1.165) is 5.56 Å². The summed E-state index contributed by atoms with van der Waals surface area (Å²) >= 11 is 6.96. The van der Waals surface area contributed by atoms with E-state index in [1.54, 1.807) is 0 Å². The number of benzene rings is 2. The van der Waals surface area contributed by atoms with Crippen molar-refractivity contribution in [1.82, 2.24) is 0 Å². The fourth-order valence-corrected chi connectivity index (χ4v) is 3.06. The van der Waals surface area contributed by atoms with Crippen LogP contribution >= 0.6 is 67.8 Å². The van der Waals surface area contributed by atoms with Crippen molar-refractivity contribution in [2.75, 3.05) is 0 Å². The van der Waals surface area contributed by atoms with Crippen LogP contribution in [0.25, 0.3) is 0 Å². The van der Waals surface area contributed by atoms with Crippen molar-refractivity contribution in [3.05, 3.63) is 64.8 Å². The van der Waals surface area contributed by atoms with Gasteiger partial charge in [0.05, 0.1) is 0 Å². The first-order valence-corrected chi connectivity index (χ1v) is 18.7. The molecule has 0 bridgehead atoms. The second kappa shape index (κ2) is 13.4. The van der Waals surface area contributed by atoms with Crippen LogP contribution in [0, 0.1) is 34.1 Å². The van der Waals surface area contributed by atoms with E-state index in [4.69, 9.17) is 6.42 Å². The molecule has 5 heteroatoms. The zero-order valence-electron chi connectivity index (χ0n) is 16.8. The number of rotatable bonds is 0. The lowest BCUT2D eigenvalue weighted by Gasteiger charge is -2.03. The quantitative estimate of drug-likeness (QED) is 0.147. The van der Waals surface area contributed by atoms with Gasteiger partial charge in [-0.2, -0.15) is 0 Å². The Labute approximate surface area is 209 Å². The zero-order valence-corrected chi connectivity index (χ0v) is 25.3. The maximum Gasteiger partial charge on any atom is 0.129 e. The lowest BCUT2D eigenvalue weighted by Crippen LogP contribution is -2.16. The maximum absolute atomic E-state index is 5.12. The highest BCUT2D eigenvalue weighted by Crippen LogP contribution is 2.12. The first kappa shape index (κ1) is 27.2. The molecule has 0 saturated heterocycles. The summed E-state index contributed by atoms with van der Waals surface area (Å²) in [6.45, 7) is 13.2. The van der Waals surface area contributed by atoms with Gasteiger partial charge in [-0.05, 0) is 92.0 Å². The van der Waals surface area contributed by atoms with Crippen LogP contribution < -0.4 is 0 Å². The van der Waals surface area contributed by atoms with Gasteiger partial charge in [-0.15, -0.1) is 17.5 Å². The van der Waals surface area contributed by atoms with Crippen molar-refractivity contribution in [2.45, 2.75) is 39.3 Å². The summed E-state index contributed by atoms with van der Waals surface area (Å²) in [4.78, 5) is 0. The third-order valence-corrected chi connectivity index (χ3v) is 8.30. The number of hydrogen-bond acceptors (Lipinski definition) is 0. The van der Waals surface area contributed by atoms with E-state index < -0.39 is 16.1 Å². The Balaban J connectivity index is 0.000000413. The van der Waals surface area contributed by atoms with Crippen molar-refractivity contribution in [3.8, 4) is 23.4 Å². The SMILES string of the molecule is C#C[Si](C)(C)C.C[Si](C)(C)C#Cc1ccccc1I.Ic1ccccc1I. The van der Waals surface area contributed by atoms with Crippen molar-refractivity contribution < 1.29 is 0 Å². The minimum absolute atomic E-state index is 1.10. The van der Waals surface area contributed by atoms with Crippen LogP contribution in [0.5, 0.6) is 0 Å². The predicted molar refractivity (Wildman–Crippen MR) is 153 cm³/mol. The summed E-state index contributed by atoms with van der Waals surface area (Å²) in [5.41, 5.74) is 7.26. The molecule has 0 aliphatic rings. The van der Waals surface area contributed by atoms with E-state index in [9.17, 15) is 0 Å². The first-order valence-electron chi connectivity index (χ1n) is 8.51. The fourth-order valence-electron chi connectivity index (χ4n) is 1.26. The van der Waals surface area contributed by atoms with Gasteiger partial charge in [-0.1, -0.05) is 69.5 Å². The molecule has 0 radical (unpaired) electrons. The van der Waals surface area contributed by atoms with Gasteiger partial charge in [0.1, 0.15) is 16.1 Å². The van der Waals surface area contributed by atoms with Gasteiger partial charge in [0.25, 0.3) is 0 Å². The molecule has 0 amide bonds. The monoisotopic (exact) mass is 728 g/mol. The molecular formula is C22H27I3Si2. The Morgan fingerprint density at radius 3 is 1.33 bits per heavy atom. The second-order valence-electron chi connectivity index (χ2n) is 7.79. The summed E-state index contributed by atoms with van der Waals surface area (Å²) in [7, 11) is -2.33. The standard InChI is InChI=1S/C11H13ISi.C6H4I2.C5H10Si/c1-13(2,3)9-8-10-6-4-5-7-11(10)12;7-5-3-1-2-4-6(5)8;1-5-6(2,3)4/h4-7H,1-3H3;1-4H;1H,2-4H3. The van der Waals surface area contributed by atoms with Gasteiger partial charge in [0.15, 0.2) is 0 Å². The van der Waals surface area contributed by atoms with E-state index in [1.807, 2.05) is 24.3 Å². The number of hydrogen-bond donors (Lipinski definition) is 0. The molecular weight excluding hydrogens is 701 g/mol. The van der Waals surface area contributed by atoms with Crippen LogP contribution in [0.1, 0.15) is 5.56 Å². The molecule has 0 nitrogen and oxygen atoms in total. The molecule has 0 unspecified atom stereocenters. The molecule has 0 aliphatic heterocycles. The molecule has 0 heterocycles. The molecule has 144 valence electrons. The zero-order chi connectivity index (χ0) is 21.1. The lowest BCUT2D eigenvalue weighted by molar-refractivity contribution is 1.58. The fraction of sp³-hybridized carbons (Fsp3) is 0.273. The molecule has 0 aliphatic carbocycles. The third kappa shape index (κ3) is 15.7. The summed E-state index contributed by atoms with van der Waals surface area (Å²) in [6, 6.07) is 16.5. The van der Waals surface area contributed by atoms with Crippen LogP contribution in [0.4, 0.5) is 0 Å². The Bertz CT molecular complexity index is 793. The molecule has 0 atom stereocenters. The van der Waals surface area contributed by atoms with Crippen LogP contribution in [-0.2, 0) is 0 Å². The maximum atomic E-state index is 5.12. The predicted octanol–water partition coefficient (Wildman–Crippen LogP) is 7.91. The van der Waals surface area contributed by atoms with Crippen molar-refractivity contribution in [1.29, 1.82) is 0 Å². The van der Waals surface area contributed by atoms with Gasteiger partial charge >= 0.3 is 0 Å². The molecule has 2 aromatic rings. The highest BCUT2D eigenvalue weighted by molar-refractivity contribution is 14.1. The molecule has 2 rings (SSSR count). The van der Waals surface area contributed by atoms with E-state index in [-0.39, 0.29) is 0 Å². The van der Waals surface area contributed by atoms with E-state index in [2.05, 4.69) is 148 Å². The first-order chi connectivity index (χ1) is 12.4. The Morgan fingerprint density at radius 1 is 0.667 bits per heavy atom. The van der Waals surface area contributed by atoms with Gasteiger partial charge < -0.3 is 0 Å². The van der Waals surface area contributed by atoms with Gasteiger partial charge in [0.2, 0.25) is 0 Å². The van der Waals surface area contributed by atoms with Crippen LogP contribution in [0.2, 0.25) is 39.3 Å². The molecule has 0 fully saturated rings. The topological polar surface area (TPSA) is 0 Å². The third-order valence-electron chi connectivity index (χ3n) is 2.70. The van der Waals surface area contributed by atoms with Gasteiger partial charge in [0, 0.05) is 16.3 Å². The molecule has 27 heavy (non-hydrogen) atoms. The summed E-state index contributed by atoms with van der Waals surface area (Å²) in [6.07, 6.45) is 5.12. The summed E-state index contributed by atoms with van der Waals surface area (Å²) in [5, 5.41) is 0. The smallest absolute Gasteiger partial charge is 0.129 e. The largest absolute Gasteiger partial charge is 0.135 e. The lowest BCUT2D eigenvalue weighted by atomic mass is 10.2. The Kier molecular flexibility index (Phi) is 13.5. The average molecular weight is 728 g/mol. The highest BCUT2D eigenvalue weighted by atomic mass is 127. The van der Waals surface area contributed by atoms with Crippen LogP contribution in [0.3, 0.4) is 0 Å². The van der Waals surface area contributed by atoms with Crippen molar-refractivity contribution in [2.24, 2.45) is 0 Å². The van der Waals surface area contributed by atoms with E-state index in [1.165, 1.54) is 10.7 Å². The minimum atomic E-state index is -1.23. The van der Waals surface area contributed by atoms with Gasteiger partial charge in [-0.3, -0.25) is 0 Å². The minimum Gasteiger partial charge on any atom is -0.135 e. The number of halogens is 3. The van der Waals surface area contributed by atoms with Crippen molar-refractivity contribution >= 4 is 83.9 Å². The second-order valence-corrected chi connectivity index (χ2v) is 20.8. The average Bonchev–Trinajstić information content (AvgIpc) is 2.57. The number of terminal acetylenes is 1. The van der Waals surface area contributed by atoms with Gasteiger partial charge in [-0.25, -0.2) is 0 Å². The Hall–Kier alpha value is 0.184. The van der Waals surface area contributed by atoms with Crippen LogP contribution in [-0.4, -0.2) is 16.1 Å². The van der Waals surface area contributed by atoms with E-state index >= 15 is 0 Å². The Morgan fingerprint density at radius 2 is 1.04 bits per heavy atom. The summed E-state index contributed by atoms with van der Waals surface area (Å²) in [5.74, 6) is 3.26. The highest BCUT2D eigenvalue weighted by Gasteiger charge is 2.07. The summed E-state index contributed by atoms with van der Waals surface area (Å²) < 4.78 is 3.89. The molecule has 0 saturated carbocycles. The van der Waals surface area contributed by atoms with E-state index in [0.29, 0.717) is 0 Å². The molecule has 0 spiro atoms.